The molecule has 0 saturated heterocycles. The largest absolute Gasteiger partial charge is 0.478 e. The van der Waals surface area contributed by atoms with Gasteiger partial charge in [-0.05, 0) is 43.0 Å². The third kappa shape index (κ3) is 4.18. The summed E-state index contributed by atoms with van der Waals surface area (Å²) in [6.45, 7) is 2.03. The maximum Gasteiger partial charge on any atom is 0.339 e. The zero-order valence-electron chi connectivity index (χ0n) is 14.5. The number of aromatic carboxylic acids is 1. The number of aryl methyl sites for hydroxylation is 1. The lowest BCUT2D eigenvalue weighted by molar-refractivity contribution is 0.0693. The Hall–Kier alpha value is -1.94. The molecule has 1 N–H and O–H groups in total. The summed E-state index contributed by atoms with van der Waals surface area (Å²) in [6, 6.07) is 7.38. The number of carbonyl (C=O) groups is 1. The van der Waals surface area contributed by atoms with Crippen LogP contribution in [0.2, 0.25) is 5.02 Å². The van der Waals surface area contributed by atoms with Gasteiger partial charge in [0.25, 0.3) is 0 Å². The lowest BCUT2D eigenvalue weighted by atomic mass is 9.96. The molecule has 1 aliphatic carbocycles. The van der Waals surface area contributed by atoms with Gasteiger partial charge in [-0.25, -0.2) is 14.8 Å². The van der Waals surface area contributed by atoms with Crippen molar-refractivity contribution in [3.63, 3.8) is 0 Å². The molecule has 25 heavy (non-hydrogen) atoms. The van der Waals surface area contributed by atoms with E-state index in [0.717, 1.165) is 31.2 Å². The molecular weight excluding hydrogens is 336 g/mol. The maximum absolute atomic E-state index is 11.9. The molecule has 0 unspecified atom stereocenters. The number of carboxylic acids is 1. The Bertz CT molecular complexity index is 753. The minimum Gasteiger partial charge on any atom is -0.478 e. The number of aromatic nitrogens is 2. The molecule has 2 aromatic rings. The minimum absolute atomic E-state index is 0.312. The third-order valence-electron chi connectivity index (χ3n) is 4.82. The fourth-order valence-corrected chi connectivity index (χ4v) is 3.71. The highest BCUT2D eigenvalue weighted by Gasteiger charge is 2.24. The lowest BCUT2D eigenvalue weighted by Crippen LogP contribution is -2.15. The van der Waals surface area contributed by atoms with Crippen molar-refractivity contribution in [3.8, 4) is 11.4 Å². The quantitative estimate of drug-likeness (QED) is 0.772. The molecule has 1 heterocycles. The predicted molar refractivity (Wildman–Crippen MR) is 99.1 cm³/mol. The molecular formula is C20H23ClN2O2. The molecule has 132 valence electrons. The van der Waals surface area contributed by atoms with Gasteiger partial charge in [0.05, 0.1) is 11.4 Å². The topological polar surface area (TPSA) is 63.1 Å². The second kappa shape index (κ2) is 7.96. The first kappa shape index (κ1) is 17.9. The number of rotatable bonds is 6. The molecule has 0 amide bonds. The lowest BCUT2D eigenvalue weighted by Gasteiger charge is -2.15. The van der Waals surface area contributed by atoms with Crippen molar-refractivity contribution in [2.24, 2.45) is 5.92 Å². The van der Waals surface area contributed by atoms with Crippen molar-refractivity contribution in [1.29, 1.82) is 0 Å². The first-order chi connectivity index (χ1) is 12.1. The highest BCUT2D eigenvalue weighted by molar-refractivity contribution is 6.30. The van der Waals surface area contributed by atoms with Gasteiger partial charge >= 0.3 is 5.97 Å². The van der Waals surface area contributed by atoms with Crippen molar-refractivity contribution in [2.75, 3.05) is 0 Å². The molecule has 0 spiro atoms. The van der Waals surface area contributed by atoms with E-state index in [1.54, 1.807) is 0 Å². The standard InChI is InChI=1S/C20H23ClN2O2/c1-2-5-16-18(20(24)25)17(12-13-6-3-4-7-13)23-19(22-16)14-8-10-15(21)11-9-14/h8-11,13H,2-7,12H2,1H3,(H,24,25). The Morgan fingerprint density at radius 1 is 1.16 bits per heavy atom. The van der Waals surface area contributed by atoms with Crippen molar-refractivity contribution in [2.45, 2.75) is 51.9 Å². The summed E-state index contributed by atoms with van der Waals surface area (Å²) >= 11 is 5.97. The van der Waals surface area contributed by atoms with Crippen LogP contribution in [0.1, 0.15) is 60.8 Å². The van der Waals surface area contributed by atoms with E-state index in [2.05, 4.69) is 9.97 Å². The highest BCUT2D eigenvalue weighted by atomic mass is 35.5. The molecule has 3 rings (SSSR count). The predicted octanol–water partition coefficient (Wildman–Crippen LogP) is 5.18. The number of halogens is 1. The van der Waals surface area contributed by atoms with Crippen molar-refractivity contribution in [3.05, 3.63) is 46.2 Å². The molecule has 1 aliphatic rings. The SMILES string of the molecule is CCCc1nc(-c2ccc(Cl)cc2)nc(CC2CCCC2)c1C(=O)O. The normalized spacial score (nSPS) is 14.8. The molecule has 0 bridgehead atoms. The summed E-state index contributed by atoms with van der Waals surface area (Å²) in [5.41, 5.74) is 2.50. The van der Waals surface area contributed by atoms with Crippen LogP contribution in [0.5, 0.6) is 0 Å². The van der Waals surface area contributed by atoms with E-state index in [9.17, 15) is 9.90 Å². The molecule has 0 radical (unpaired) electrons. The van der Waals surface area contributed by atoms with Gasteiger partial charge in [-0.2, -0.15) is 0 Å². The Labute approximate surface area is 153 Å². The summed E-state index contributed by atoms with van der Waals surface area (Å²) in [4.78, 5) is 21.1. The number of hydrogen-bond acceptors (Lipinski definition) is 3. The minimum atomic E-state index is -0.917. The van der Waals surface area contributed by atoms with Crippen LogP contribution < -0.4 is 0 Å². The van der Waals surface area contributed by atoms with E-state index in [1.165, 1.54) is 12.8 Å². The monoisotopic (exact) mass is 358 g/mol. The molecule has 1 fully saturated rings. The van der Waals surface area contributed by atoms with Gasteiger partial charge in [0.15, 0.2) is 5.82 Å². The zero-order valence-corrected chi connectivity index (χ0v) is 15.2. The Morgan fingerprint density at radius 3 is 2.40 bits per heavy atom. The van der Waals surface area contributed by atoms with Gasteiger partial charge < -0.3 is 5.11 Å². The van der Waals surface area contributed by atoms with E-state index in [0.29, 0.717) is 40.1 Å². The van der Waals surface area contributed by atoms with Gasteiger partial charge in [0.1, 0.15) is 5.56 Å². The molecule has 0 aliphatic heterocycles. The van der Waals surface area contributed by atoms with E-state index in [1.807, 2.05) is 31.2 Å². The molecule has 1 aromatic heterocycles. The van der Waals surface area contributed by atoms with Crippen LogP contribution in [0.25, 0.3) is 11.4 Å². The molecule has 0 atom stereocenters. The van der Waals surface area contributed by atoms with Crippen molar-refractivity contribution < 1.29 is 9.90 Å². The Balaban J connectivity index is 2.07. The van der Waals surface area contributed by atoms with Crippen LogP contribution >= 0.6 is 11.6 Å². The maximum atomic E-state index is 11.9. The first-order valence-electron chi connectivity index (χ1n) is 8.97. The molecule has 1 aromatic carbocycles. The van der Waals surface area contributed by atoms with Crippen LogP contribution in [0.15, 0.2) is 24.3 Å². The number of nitrogens with zero attached hydrogens (tertiary/aromatic N) is 2. The number of benzene rings is 1. The smallest absolute Gasteiger partial charge is 0.339 e. The first-order valence-corrected chi connectivity index (χ1v) is 9.35. The number of carboxylic acid groups (broad SMARTS) is 1. The van der Waals surface area contributed by atoms with Gasteiger partial charge in [-0.1, -0.05) is 50.6 Å². The Kier molecular flexibility index (Phi) is 5.69. The summed E-state index contributed by atoms with van der Waals surface area (Å²) in [5.74, 6) is 0.206. The average Bonchev–Trinajstić information content (AvgIpc) is 3.08. The second-order valence-corrected chi connectivity index (χ2v) is 7.17. The van der Waals surface area contributed by atoms with Crippen LogP contribution in [0.3, 0.4) is 0 Å². The fraction of sp³-hybridized carbons (Fsp3) is 0.450. The van der Waals surface area contributed by atoms with Gasteiger partial charge in [-0.15, -0.1) is 0 Å². The van der Waals surface area contributed by atoms with Crippen LogP contribution in [0.4, 0.5) is 0 Å². The van der Waals surface area contributed by atoms with Crippen molar-refractivity contribution in [1.82, 2.24) is 9.97 Å². The van der Waals surface area contributed by atoms with Gasteiger partial charge in [-0.3, -0.25) is 0 Å². The van der Waals surface area contributed by atoms with E-state index >= 15 is 0 Å². The van der Waals surface area contributed by atoms with Crippen LogP contribution in [0, 0.1) is 5.92 Å². The fourth-order valence-electron chi connectivity index (χ4n) is 3.59. The third-order valence-corrected chi connectivity index (χ3v) is 5.07. The van der Waals surface area contributed by atoms with Gasteiger partial charge in [0.2, 0.25) is 0 Å². The molecule has 5 heteroatoms. The van der Waals surface area contributed by atoms with E-state index in [4.69, 9.17) is 11.6 Å². The Morgan fingerprint density at radius 2 is 1.80 bits per heavy atom. The van der Waals surface area contributed by atoms with Crippen LogP contribution in [-0.2, 0) is 12.8 Å². The average molecular weight is 359 g/mol. The van der Waals surface area contributed by atoms with Crippen LogP contribution in [-0.4, -0.2) is 21.0 Å². The summed E-state index contributed by atoms with van der Waals surface area (Å²) in [5, 5.41) is 10.4. The zero-order chi connectivity index (χ0) is 17.8. The molecule has 1 saturated carbocycles. The second-order valence-electron chi connectivity index (χ2n) is 6.73. The number of hydrogen-bond donors (Lipinski definition) is 1. The highest BCUT2D eigenvalue weighted by Crippen LogP contribution is 2.30. The van der Waals surface area contributed by atoms with E-state index < -0.39 is 5.97 Å². The molecule has 4 nitrogen and oxygen atoms in total. The van der Waals surface area contributed by atoms with E-state index in [-0.39, 0.29) is 0 Å². The summed E-state index contributed by atoms with van der Waals surface area (Å²) in [7, 11) is 0. The summed E-state index contributed by atoms with van der Waals surface area (Å²) < 4.78 is 0. The van der Waals surface area contributed by atoms with Crippen molar-refractivity contribution >= 4 is 17.6 Å². The van der Waals surface area contributed by atoms with Gasteiger partial charge in [0, 0.05) is 10.6 Å². The summed E-state index contributed by atoms with van der Waals surface area (Å²) in [6.07, 6.45) is 6.98.